The molecule has 0 spiro atoms. The lowest BCUT2D eigenvalue weighted by Crippen LogP contribution is -2.37. The molecule has 1 fully saturated rings. The van der Waals surface area contributed by atoms with Crippen LogP contribution in [0, 0.1) is 11.8 Å². The standard InChI is InChI=1S/C13H17FO4S/c14-13(19(15,16)17)12-6-11(7-12)9-18-8-10-4-2-1-3-5-10/h1-5,11-13H,6-9H2,(H,15,16,17). The second-order valence-corrected chi connectivity index (χ2v) is 6.44. The van der Waals surface area contributed by atoms with Gasteiger partial charge in [0.2, 0.25) is 5.50 Å². The van der Waals surface area contributed by atoms with Gasteiger partial charge in [-0.1, -0.05) is 30.3 Å². The first kappa shape index (κ1) is 14.4. The quantitative estimate of drug-likeness (QED) is 0.816. The minimum atomic E-state index is -4.56. The molecule has 0 radical (unpaired) electrons. The largest absolute Gasteiger partial charge is 0.376 e. The topological polar surface area (TPSA) is 63.6 Å². The van der Waals surface area contributed by atoms with Crippen molar-refractivity contribution in [3.63, 3.8) is 0 Å². The first-order chi connectivity index (χ1) is 8.97. The van der Waals surface area contributed by atoms with Crippen LogP contribution in [-0.4, -0.2) is 25.1 Å². The summed E-state index contributed by atoms with van der Waals surface area (Å²) in [5.41, 5.74) is -1.09. The van der Waals surface area contributed by atoms with E-state index in [2.05, 4.69) is 0 Å². The molecule has 0 heterocycles. The summed E-state index contributed by atoms with van der Waals surface area (Å²) in [4.78, 5) is 0. The third-order valence-corrected chi connectivity index (χ3v) is 4.35. The molecule has 1 aromatic rings. The van der Waals surface area contributed by atoms with E-state index < -0.39 is 21.5 Å². The molecule has 1 aliphatic carbocycles. The second-order valence-electron chi connectivity index (χ2n) is 4.96. The Kier molecular flexibility index (Phi) is 4.54. The van der Waals surface area contributed by atoms with Crippen LogP contribution in [0.5, 0.6) is 0 Å². The number of alkyl halides is 1. The lowest BCUT2D eigenvalue weighted by Gasteiger charge is -2.35. The fraction of sp³-hybridized carbons (Fsp3) is 0.538. The van der Waals surface area contributed by atoms with Crippen molar-refractivity contribution >= 4 is 10.1 Å². The van der Waals surface area contributed by atoms with Crippen molar-refractivity contribution in [1.29, 1.82) is 0 Å². The third kappa shape index (κ3) is 3.99. The maximum Gasteiger partial charge on any atom is 0.297 e. The molecule has 1 saturated carbocycles. The van der Waals surface area contributed by atoms with Gasteiger partial charge < -0.3 is 4.74 Å². The van der Waals surface area contributed by atoms with Crippen molar-refractivity contribution in [2.75, 3.05) is 6.61 Å². The number of hydrogen-bond acceptors (Lipinski definition) is 3. The van der Waals surface area contributed by atoms with E-state index in [1.54, 1.807) is 0 Å². The van der Waals surface area contributed by atoms with E-state index >= 15 is 0 Å². The summed E-state index contributed by atoms with van der Waals surface area (Å²) in [5, 5.41) is 0. The normalized spacial score (nSPS) is 24.7. The Morgan fingerprint density at radius 1 is 1.32 bits per heavy atom. The Labute approximate surface area is 112 Å². The number of hydrogen-bond donors (Lipinski definition) is 1. The van der Waals surface area contributed by atoms with Crippen molar-refractivity contribution in [1.82, 2.24) is 0 Å². The Balaban J connectivity index is 1.66. The average molecular weight is 288 g/mol. The van der Waals surface area contributed by atoms with Crippen LogP contribution in [0.4, 0.5) is 4.39 Å². The zero-order chi connectivity index (χ0) is 13.9. The predicted molar refractivity (Wildman–Crippen MR) is 68.8 cm³/mol. The van der Waals surface area contributed by atoms with Crippen molar-refractivity contribution in [3.05, 3.63) is 35.9 Å². The molecule has 6 heteroatoms. The lowest BCUT2D eigenvalue weighted by molar-refractivity contribution is 0.0210. The number of benzene rings is 1. The van der Waals surface area contributed by atoms with Crippen molar-refractivity contribution in [2.24, 2.45) is 11.8 Å². The Hall–Kier alpha value is -0.980. The lowest BCUT2D eigenvalue weighted by atomic mass is 9.76. The van der Waals surface area contributed by atoms with Crippen molar-refractivity contribution in [2.45, 2.75) is 25.0 Å². The van der Waals surface area contributed by atoms with E-state index in [9.17, 15) is 12.8 Å². The Morgan fingerprint density at radius 3 is 2.53 bits per heavy atom. The Bertz CT molecular complexity index is 497. The Morgan fingerprint density at radius 2 is 1.95 bits per heavy atom. The van der Waals surface area contributed by atoms with Gasteiger partial charge in [-0.15, -0.1) is 0 Å². The molecule has 19 heavy (non-hydrogen) atoms. The zero-order valence-electron chi connectivity index (χ0n) is 10.4. The van der Waals surface area contributed by atoms with Gasteiger partial charge in [-0.3, -0.25) is 4.55 Å². The monoisotopic (exact) mass is 288 g/mol. The van der Waals surface area contributed by atoms with E-state index in [0.717, 1.165) is 5.56 Å². The molecule has 106 valence electrons. The fourth-order valence-electron chi connectivity index (χ4n) is 2.30. The predicted octanol–water partition coefficient (Wildman–Crippen LogP) is 2.41. The number of rotatable bonds is 6. The molecule has 4 nitrogen and oxygen atoms in total. The highest BCUT2D eigenvalue weighted by atomic mass is 32.2. The van der Waals surface area contributed by atoms with Crippen LogP contribution in [0.2, 0.25) is 0 Å². The molecule has 0 bridgehead atoms. The van der Waals surface area contributed by atoms with Crippen molar-refractivity contribution in [3.8, 4) is 0 Å². The van der Waals surface area contributed by atoms with Crippen molar-refractivity contribution < 1.29 is 22.1 Å². The van der Waals surface area contributed by atoms with E-state index in [-0.39, 0.29) is 5.92 Å². The number of ether oxygens (including phenoxy) is 1. The molecule has 0 aliphatic heterocycles. The van der Waals surface area contributed by atoms with Gasteiger partial charge in [-0.25, -0.2) is 4.39 Å². The van der Waals surface area contributed by atoms with Crippen LogP contribution in [0.25, 0.3) is 0 Å². The van der Waals surface area contributed by atoms with E-state index in [4.69, 9.17) is 9.29 Å². The van der Waals surface area contributed by atoms with Crippen LogP contribution in [0.15, 0.2) is 30.3 Å². The summed E-state index contributed by atoms with van der Waals surface area (Å²) in [7, 11) is -4.56. The van der Waals surface area contributed by atoms with Gasteiger partial charge in [0.15, 0.2) is 0 Å². The van der Waals surface area contributed by atoms with Gasteiger partial charge in [0.05, 0.1) is 6.61 Å². The average Bonchev–Trinajstić information content (AvgIpc) is 2.31. The highest BCUT2D eigenvalue weighted by Gasteiger charge is 2.41. The molecule has 1 aliphatic rings. The summed E-state index contributed by atoms with van der Waals surface area (Å²) in [6, 6.07) is 9.70. The molecule has 0 saturated heterocycles. The van der Waals surface area contributed by atoms with E-state index in [1.807, 2.05) is 30.3 Å². The van der Waals surface area contributed by atoms with Crippen LogP contribution < -0.4 is 0 Å². The van der Waals surface area contributed by atoms with Crippen LogP contribution in [0.3, 0.4) is 0 Å². The fourth-order valence-corrected chi connectivity index (χ4v) is 3.01. The molecule has 2 rings (SSSR count). The minimum absolute atomic E-state index is 0.175. The maximum atomic E-state index is 13.2. The summed E-state index contributed by atoms with van der Waals surface area (Å²) in [6.45, 7) is 0.989. The van der Waals surface area contributed by atoms with Crippen LogP contribution in [-0.2, 0) is 21.5 Å². The van der Waals surface area contributed by atoms with Gasteiger partial charge in [0.25, 0.3) is 10.1 Å². The number of halogens is 1. The molecular weight excluding hydrogens is 271 g/mol. The summed E-state index contributed by atoms with van der Waals surface area (Å²) >= 11 is 0. The summed E-state index contributed by atoms with van der Waals surface area (Å²) in [5.74, 6) is -0.422. The third-order valence-electron chi connectivity index (χ3n) is 3.39. The van der Waals surface area contributed by atoms with E-state index in [1.165, 1.54) is 0 Å². The van der Waals surface area contributed by atoms with Crippen LogP contribution >= 0.6 is 0 Å². The smallest absolute Gasteiger partial charge is 0.297 e. The van der Waals surface area contributed by atoms with Crippen LogP contribution in [0.1, 0.15) is 18.4 Å². The molecular formula is C13H17FO4S. The minimum Gasteiger partial charge on any atom is -0.376 e. The first-order valence-electron chi connectivity index (χ1n) is 6.19. The second kappa shape index (κ2) is 5.98. The highest BCUT2D eigenvalue weighted by Crippen LogP contribution is 2.39. The summed E-state index contributed by atoms with van der Waals surface area (Å²) in [6.07, 6.45) is 0.880. The molecule has 1 atom stereocenters. The highest BCUT2D eigenvalue weighted by molar-refractivity contribution is 7.86. The van der Waals surface area contributed by atoms with Gasteiger partial charge in [0, 0.05) is 12.5 Å². The molecule has 0 amide bonds. The van der Waals surface area contributed by atoms with Gasteiger partial charge in [0.1, 0.15) is 0 Å². The molecule has 1 aromatic carbocycles. The maximum absolute atomic E-state index is 13.2. The first-order valence-corrected chi connectivity index (χ1v) is 7.69. The summed E-state index contributed by atoms with van der Waals surface area (Å²) < 4.78 is 48.6. The van der Waals surface area contributed by atoms with Gasteiger partial charge in [-0.05, 0) is 24.3 Å². The zero-order valence-corrected chi connectivity index (χ0v) is 11.2. The van der Waals surface area contributed by atoms with Gasteiger partial charge >= 0.3 is 0 Å². The SMILES string of the molecule is O=S(=O)(O)C(F)C1CC(COCc2ccccc2)C1. The van der Waals surface area contributed by atoms with E-state index in [0.29, 0.717) is 26.1 Å². The molecule has 1 unspecified atom stereocenters. The molecule has 0 aromatic heterocycles. The molecule has 1 N–H and O–H groups in total. The van der Waals surface area contributed by atoms with Gasteiger partial charge in [-0.2, -0.15) is 8.42 Å².